The van der Waals surface area contributed by atoms with Crippen molar-refractivity contribution in [2.24, 2.45) is 39.9 Å². The molecular weight excluding hydrogens is 272 g/mol. The summed E-state index contributed by atoms with van der Waals surface area (Å²) in [6, 6.07) is 0. The van der Waals surface area contributed by atoms with Crippen LogP contribution in [0.5, 0.6) is 0 Å². The van der Waals surface area contributed by atoms with Gasteiger partial charge in [0.05, 0.1) is 6.10 Å². The first-order chi connectivity index (χ1) is 10.2. The number of Topliss-reactive ketones (excluding diaryl/α,β-unsaturated/α-hetero) is 1. The van der Waals surface area contributed by atoms with Crippen LogP contribution in [0.25, 0.3) is 0 Å². The van der Waals surface area contributed by atoms with Crippen molar-refractivity contribution in [2.75, 3.05) is 0 Å². The maximum absolute atomic E-state index is 12.7. The third kappa shape index (κ3) is 1.68. The van der Waals surface area contributed by atoms with Crippen LogP contribution in [0.3, 0.4) is 0 Å². The molecule has 2 nitrogen and oxygen atoms in total. The highest BCUT2D eigenvalue weighted by atomic mass is 16.3. The first kappa shape index (κ1) is 15.2. The molecule has 0 aromatic heterocycles. The average Bonchev–Trinajstić information content (AvgIpc) is 2.72. The second-order valence-electron chi connectivity index (χ2n) is 10.1. The van der Waals surface area contributed by atoms with Gasteiger partial charge < -0.3 is 5.11 Å². The van der Waals surface area contributed by atoms with Gasteiger partial charge >= 0.3 is 0 Å². The van der Waals surface area contributed by atoms with Crippen molar-refractivity contribution in [2.45, 2.75) is 78.7 Å². The molecule has 1 N–H and O–H groups in total. The first-order valence-corrected chi connectivity index (χ1v) is 9.41. The van der Waals surface area contributed by atoms with Crippen LogP contribution < -0.4 is 0 Å². The molecule has 0 unspecified atom stereocenters. The van der Waals surface area contributed by atoms with Crippen LogP contribution in [-0.4, -0.2) is 17.0 Å². The average molecular weight is 304 g/mol. The van der Waals surface area contributed by atoms with Gasteiger partial charge in [-0.15, -0.1) is 0 Å². The Bertz CT molecular complexity index is 510. The number of fused-ring (bicyclic) bond motifs is 3. The van der Waals surface area contributed by atoms with Crippen LogP contribution in [0.15, 0.2) is 0 Å². The third-order valence-electron chi connectivity index (χ3n) is 8.76. The van der Waals surface area contributed by atoms with E-state index in [1.54, 1.807) is 0 Å². The zero-order valence-corrected chi connectivity index (χ0v) is 14.7. The Morgan fingerprint density at radius 2 is 1.77 bits per heavy atom. The molecule has 0 radical (unpaired) electrons. The molecule has 4 aliphatic rings. The van der Waals surface area contributed by atoms with Gasteiger partial charge in [0, 0.05) is 17.8 Å². The largest absolute Gasteiger partial charge is 0.393 e. The Balaban J connectivity index is 1.80. The topological polar surface area (TPSA) is 37.3 Å². The molecule has 1 spiro atoms. The molecule has 4 saturated carbocycles. The number of aliphatic hydroxyl groups is 1. The Labute approximate surface area is 135 Å². The fourth-order valence-corrected chi connectivity index (χ4v) is 7.73. The third-order valence-corrected chi connectivity index (χ3v) is 8.76. The molecule has 0 heterocycles. The lowest BCUT2D eigenvalue weighted by molar-refractivity contribution is -0.199. The molecular formula is C20H32O2. The number of aliphatic hydroxyl groups excluding tert-OH is 1. The summed E-state index contributed by atoms with van der Waals surface area (Å²) in [4.78, 5) is 12.7. The van der Waals surface area contributed by atoms with Gasteiger partial charge in [-0.1, -0.05) is 27.7 Å². The van der Waals surface area contributed by atoms with Gasteiger partial charge in [-0.2, -0.15) is 0 Å². The molecule has 2 heteroatoms. The van der Waals surface area contributed by atoms with Gasteiger partial charge in [0.15, 0.2) is 0 Å². The van der Waals surface area contributed by atoms with E-state index < -0.39 is 0 Å². The Morgan fingerprint density at radius 1 is 1.05 bits per heavy atom. The molecule has 0 saturated heterocycles. The van der Waals surface area contributed by atoms with Crippen molar-refractivity contribution in [3.8, 4) is 0 Å². The van der Waals surface area contributed by atoms with Gasteiger partial charge in [-0.05, 0) is 67.1 Å². The molecule has 0 aromatic carbocycles. The van der Waals surface area contributed by atoms with E-state index in [1.165, 1.54) is 19.3 Å². The van der Waals surface area contributed by atoms with E-state index in [4.69, 9.17) is 0 Å². The Kier molecular flexibility index (Phi) is 3.02. The molecule has 22 heavy (non-hydrogen) atoms. The number of hydrogen-bond acceptors (Lipinski definition) is 2. The second kappa shape index (κ2) is 4.37. The lowest BCUT2D eigenvalue weighted by Gasteiger charge is -2.65. The minimum atomic E-state index is -0.215. The summed E-state index contributed by atoms with van der Waals surface area (Å²) in [5.41, 5.74) is 0.613. The highest BCUT2D eigenvalue weighted by Gasteiger charge is 2.67. The molecule has 0 aliphatic heterocycles. The number of ketones is 1. The van der Waals surface area contributed by atoms with Gasteiger partial charge in [0.25, 0.3) is 0 Å². The molecule has 4 fully saturated rings. The van der Waals surface area contributed by atoms with Gasteiger partial charge in [-0.3, -0.25) is 4.79 Å². The zero-order valence-electron chi connectivity index (χ0n) is 14.7. The highest BCUT2D eigenvalue weighted by molar-refractivity contribution is 5.83. The van der Waals surface area contributed by atoms with E-state index in [2.05, 4.69) is 27.7 Å². The molecule has 7 atom stereocenters. The number of carbonyl (C=O) groups excluding carboxylic acids is 1. The van der Waals surface area contributed by atoms with Crippen molar-refractivity contribution < 1.29 is 9.90 Å². The number of carbonyl (C=O) groups is 1. The quantitative estimate of drug-likeness (QED) is 0.728. The number of rotatable bonds is 0. The minimum absolute atomic E-state index is 0.0509. The highest BCUT2D eigenvalue weighted by Crippen LogP contribution is 2.71. The van der Waals surface area contributed by atoms with E-state index in [1.807, 2.05) is 0 Å². The van der Waals surface area contributed by atoms with Crippen LogP contribution in [0.2, 0.25) is 0 Å². The van der Waals surface area contributed by atoms with Gasteiger partial charge in [0.1, 0.15) is 5.78 Å². The monoisotopic (exact) mass is 304 g/mol. The van der Waals surface area contributed by atoms with E-state index in [0.29, 0.717) is 40.3 Å². The summed E-state index contributed by atoms with van der Waals surface area (Å²) in [6.45, 7) is 9.41. The molecule has 0 aromatic rings. The van der Waals surface area contributed by atoms with Crippen LogP contribution in [0.1, 0.15) is 72.6 Å². The fourth-order valence-electron chi connectivity index (χ4n) is 7.73. The second-order valence-corrected chi connectivity index (χ2v) is 10.1. The van der Waals surface area contributed by atoms with Crippen molar-refractivity contribution in [1.82, 2.24) is 0 Å². The normalized spacial score (nSPS) is 56.4. The maximum atomic E-state index is 12.7. The van der Waals surface area contributed by atoms with E-state index >= 15 is 0 Å². The summed E-state index contributed by atoms with van der Waals surface area (Å²) < 4.78 is 0. The summed E-state index contributed by atoms with van der Waals surface area (Å²) in [5.74, 6) is 2.38. The Hall–Kier alpha value is -0.370. The predicted octanol–water partition coefficient (Wildman–Crippen LogP) is 4.21. The molecule has 124 valence electrons. The van der Waals surface area contributed by atoms with Gasteiger partial charge in [-0.25, -0.2) is 0 Å². The van der Waals surface area contributed by atoms with Crippen molar-refractivity contribution >= 4 is 5.78 Å². The first-order valence-electron chi connectivity index (χ1n) is 9.41. The van der Waals surface area contributed by atoms with Crippen molar-refractivity contribution in [1.29, 1.82) is 0 Å². The summed E-state index contributed by atoms with van der Waals surface area (Å²) in [7, 11) is 0. The van der Waals surface area contributed by atoms with E-state index in [-0.39, 0.29) is 11.5 Å². The molecule has 2 bridgehead atoms. The summed E-state index contributed by atoms with van der Waals surface area (Å²) >= 11 is 0. The maximum Gasteiger partial charge on any atom is 0.136 e. The SMILES string of the molecule is C[C@@H]1C[C@@]23CC[C@@H]4C(C)(C)CC[C@H](O)[C@@]4(C)[C@@H]2CC(=O)[C@@H]1C3. The minimum Gasteiger partial charge on any atom is -0.393 e. The van der Waals surface area contributed by atoms with E-state index in [9.17, 15) is 9.90 Å². The van der Waals surface area contributed by atoms with Crippen molar-refractivity contribution in [3.05, 3.63) is 0 Å². The zero-order chi connectivity index (χ0) is 15.9. The lowest BCUT2D eigenvalue weighted by Crippen LogP contribution is -2.62. The standard InChI is InChI=1S/C20H32O2/c1-12-10-20-8-5-15-18(2,3)7-6-17(22)19(15,4)16(20)9-14(21)13(12)11-20/h12-13,15-17,22H,5-11H2,1-4H3/t12-,13-,15-,16+,17+,19-,20-/m1/s1. The molecule has 4 rings (SSSR count). The van der Waals surface area contributed by atoms with Crippen LogP contribution in [0, 0.1) is 39.9 Å². The summed E-state index contributed by atoms with van der Waals surface area (Å²) in [6.07, 6.45) is 7.47. The smallest absolute Gasteiger partial charge is 0.136 e. The van der Waals surface area contributed by atoms with Crippen LogP contribution >= 0.6 is 0 Å². The fraction of sp³-hybridized carbons (Fsp3) is 0.950. The van der Waals surface area contributed by atoms with E-state index in [0.717, 1.165) is 25.7 Å². The van der Waals surface area contributed by atoms with Crippen LogP contribution in [-0.2, 0) is 4.79 Å². The summed E-state index contributed by atoms with van der Waals surface area (Å²) in [5, 5.41) is 11.0. The van der Waals surface area contributed by atoms with Crippen molar-refractivity contribution in [3.63, 3.8) is 0 Å². The Morgan fingerprint density at radius 3 is 2.50 bits per heavy atom. The lowest BCUT2D eigenvalue weighted by atomic mass is 9.40. The molecule has 4 aliphatic carbocycles. The van der Waals surface area contributed by atoms with Gasteiger partial charge in [0.2, 0.25) is 0 Å². The number of hydrogen-bond donors (Lipinski definition) is 1. The predicted molar refractivity (Wildman–Crippen MR) is 87.3 cm³/mol. The molecule has 0 amide bonds. The van der Waals surface area contributed by atoms with Crippen LogP contribution in [0.4, 0.5) is 0 Å².